The quantitative estimate of drug-likeness (QED) is 0.436. The van der Waals surface area contributed by atoms with Gasteiger partial charge in [0, 0.05) is 5.88 Å². The highest BCUT2D eigenvalue weighted by atomic mass is 35.5. The van der Waals surface area contributed by atoms with Gasteiger partial charge in [-0.05, 0) is 17.7 Å². The molecule has 13 heavy (non-hydrogen) atoms. The number of aromatic hydroxyl groups is 1. The third-order valence-electron chi connectivity index (χ3n) is 1.52. The molecule has 0 saturated carbocycles. The summed E-state index contributed by atoms with van der Waals surface area (Å²) in [6.07, 6.45) is 0. The van der Waals surface area contributed by atoms with Crippen molar-refractivity contribution in [1.82, 2.24) is 0 Å². The Bertz CT molecular complexity index is 324. The van der Waals surface area contributed by atoms with Gasteiger partial charge < -0.3 is 5.11 Å². The van der Waals surface area contributed by atoms with Gasteiger partial charge in [-0.3, -0.25) is 4.89 Å². The van der Waals surface area contributed by atoms with E-state index in [-0.39, 0.29) is 17.2 Å². The van der Waals surface area contributed by atoms with Crippen LogP contribution < -0.4 is 0 Å². The van der Waals surface area contributed by atoms with Gasteiger partial charge in [-0.15, -0.1) is 11.6 Å². The molecule has 0 amide bonds. The van der Waals surface area contributed by atoms with Crippen LogP contribution in [-0.4, -0.2) is 16.3 Å². The highest BCUT2D eigenvalue weighted by Crippen LogP contribution is 2.20. The molecule has 0 spiro atoms. The fourth-order valence-electron chi connectivity index (χ4n) is 0.882. The first-order chi connectivity index (χ1) is 6.19. The Morgan fingerprint density at radius 1 is 1.54 bits per heavy atom. The Hall–Kier alpha value is -1.26. The predicted octanol–water partition coefficient (Wildman–Crippen LogP) is 1.76. The molecule has 0 radical (unpaired) electrons. The van der Waals surface area contributed by atoms with E-state index in [0.717, 1.165) is 0 Å². The molecule has 0 bridgehead atoms. The first-order valence-electron chi connectivity index (χ1n) is 3.42. The van der Waals surface area contributed by atoms with Crippen LogP contribution in [-0.2, 0) is 10.8 Å². The average molecular weight is 203 g/mol. The zero-order valence-electron chi connectivity index (χ0n) is 6.53. The topological polar surface area (TPSA) is 66.8 Å². The summed E-state index contributed by atoms with van der Waals surface area (Å²) in [6.45, 7) is 0. The highest BCUT2D eigenvalue weighted by Gasteiger charge is 2.12. The zero-order valence-corrected chi connectivity index (χ0v) is 7.28. The molecular formula is C8H7ClO4. The molecule has 0 aliphatic carbocycles. The monoisotopic (exact) mass is 202 g/mol. The molecule has 5 heteroatoms. The zero-order chi connectivity index (χ0) is 9.84. The highest BCUT2D eigenvalue weighted by molar-refractivity contribution is 6.17. The molecule has 0 atom stereocenters. The molecule has 0 aromatic heterocycles. The maximum Gasteiger partial charge on any atom is 0.376 e. The van der Waals surface area contributed by atoms with Crippen LogP contribution in [0.5, 0.6) is 5.75 Å². The number of halogens is 1. The maximum absolute atomic E-state index is 10.8. The van der Waals surface area contributed by atoms with Crippen molar-refractivity contribution in [2.45, 2.75) is 5.88 Å². The van der Waals surface area contributed by atoms with Crippen molar-refractivity contribution in [3.8, 4) is 5.75 Å². The van der Waals surface area contributed by atoms with Crippen molar-refractivity contribution < 1.29 is 20.0 Å². The maximum atomic E-state index is 10.8. The van der Waals surface area contributed by atoms with E-state index in [9.17, 15) is 9.90 Å². The van der Waals surface area contributed by atoms with Gasteiger partial charge in [0.15, 0.2) is 0 Å². The lowest BCUT2D eigenvalue weighted by atomic mass is 10.1. The van der Waals surface area contributed by atoms with Gasteiger partial charge in [0.2, 0.25) is 0 Å². The molecule has 1 aromatic rings. The van der Waals surface area contributed by atoms with E-state index in [1.54, 1.807) is 6.07 Å². The van der Waals surface area contributed by atoms with Crippen LogP contribution in [0.4, 0.5) is 0 Å². The van der Waals surface area contributed by atoms with Crippen LogP contribution in [0.1, 0.15) is 15.9 Å². The van der Waals surface area contributed by atoms with Crippen LogP contribution in [0.15, 0.2) is 18.2 Å². The van der Waals surface area contributed by atoms with Gasteiger partial charge in [-0.2, -0.15) is 5.26 Å². The SMILES string of the molecule is O=C(OO)c1ccc(CCl)cc1O. The lowest BCUT2D eigenvalue weighted by molar-refractivity contribution is -0.182. The van der Waals surface area contributed by atoms with E-state index in [0.29, 0.717) is 5.56 Å². The van der Waals surface area contributed by atoms with Gasteiger partial charge in [-0.25, -0.2) is 4.79 Å². The van der Waals surface area contributed by atoms with Crippen LogP contribution in [0.2, 0.25) is 0 Å². The Morgan fingerprint density at radius 2 is 2.23 bits per heavy atom. The van der Waals surface area contributed by atoms with Crippen LogP contribution in [0.3, 0.4) is 0 Å². The first kappa shape index (κ1) is 9.83. The molecule has 1 rings (SSSR count). The molecule has 4 nitrogen and oxygen atoms in total. The van der Waals surface area contributed by atoms with Crippen molar-refractivity contribution in [2.24, 2.45) is 0 Å². The van der Waals surface area contributed by atoms with Gasteiger partial charge in [0.25, 0.3) is 0 Å². The standard InChI is InChI=1S/C8H7ClO4/c9-4-5-1-2-6(7(10)3-5)8(11)13-12/h1-3,10,12H,4H2. The molecule has 2 N–H and O–H groups in total. The van der Waals surface area contributed by atoms with E-state index in [4.69, 9.17) is 16.9 Å². The van der Waals surface area contributed by atoms with E-state index in [2.05, 4.69) is 4.89 Å². The molecular weight excluding hydrogens is 196 g/mol. The summed E-state index contributed by atoms with van der Waals surface area (Å²) in [4.78, 5) is 14.2. The minimum absolute atomic E-state index is 0.101. The van der Waals surface area contributed by atoms with Gasteiger partial charge in [-0.1, -0.05) is 6.07 Å². The minimum atomic E-state index is -1.00. The van der Waals surface area contributed by atoms with E-state index in [1.165, 1.54) is 12.1 Å². The first-order valence-corrected chi connectivity index (χ1v) is 3.96. The molecule has 0 aliphatic heterocycles. The van der Waals surface area contributed by atoms with Crippen molar-refractivity contribution >= 4 is 17.6 Å². The smallest absolute Gasteiger partial charge is 0.376 e. The number of alkyl halides is 1. The fraction of sp³-hybridized carbons (Fsp3) is 0.125. The predicted molar refractivity (Wildman–Crippen MR) is 45.7 cm³/mol. The number of hydrogen-bond donors (Lipinski definition) is 2. The summed E-state index contributed by atoms with van der Waals surface area (Å²) < 4.78 is 0. The largest absolute Gasteiger partial charge is 0.507 e. The second-order valence-electron chi connectivity index (χ2n) is 2.36. The Kier molecular flexibility index (Phi) is 3.11. The summed E-state index contributed by atoms with van der Waals surface area (Å²) in [7, 11) is 0. The van der Waals surface area contributed by atoms with Gasteiger partial charge >= 0.3 is 5.97 Å². The summed E-state index contributed by atoms with van der Waals surface area (Å²) in [5.74, 6) is -1.03. The number of carbonyl (C=O) groups is 1. The lowest BCUT2D eigenvalue weighted by Crippen LogP contribution is -2.01. The number of rotatable bonds is 2. The van der Waals surface area contributed by atoms with Crippen LogP contribution >= 0.6 is 11.6 Å². The van der Waals surface area contributed by atoms with Crippen molar-refractivity contribution in [1.29, 1.82) is 0 Å². The molecule has 1 aromatic carbocycles. The second-order valence-corrected chi connectivity index (χ2v) is 2.63. The van der Waals surface area contributed by atoms with E-state index < -0.39 is 5.97 Å². The van der Waals surface area contributed by atoms with Crippen molar-refractivity contribution in [3.63, 3.8) is 0 Å². The fourth-order valence-corrected chi connectivity index (χ4v) is 1.05. The van der Waals surface area contributed by atoms with E-state index in [1.807, 2.05) is 0 Å². The van der Waals surface area contributed by atoms with E-state index >= 15 is 0 Å². The van der Waals surface area contributed by atoms with Crippen LogP contribution in [0, 0.1) is 0 Å². The molecule has 0 aliphatic rings. The third-order valence-corrected chi connectivity index (χ3v) is 1.83. The summed E-state index contributed by atoms with van der Waals surface area (Å²) in [5.41, 5.74) is 0.574. The molecule has 70 valence electrons. The summed E-state index contributed by atoms with van der Waals surface area (Å²) in [6, 6.07) is 4.21. The molecule has 0 heterocycles. The van der Waals surface area contributed by atoms with Crippen molar-refractivity contribution in [2.75, 3.05) is 0 Å². The van der Waals surface area contributed by atoms with Crippen LogP contribution in [0.25, 0.3) is 0 Å². The van der Waals surface area contributed by atoms with Gasteiger partial charge in [0.05, 0.1) is 0 Å². The normalized spacial score (nSPS) is 9.69. The third kappa shape index (κ3) is 2.11. The average Bonchev–Trinajstić information content (AvgIpc) is 2.16. The second kappa shape index (κ2) is 4.11. The Balaban J connectivity index is 3.05. The molecule has 0 unspecified atom stereocenters. The summed E-state index contributed by atoms with van der Waals surface area (Å²) in [5, 5.41) is 17.3. The minimum Gasteiger partial charge on any atom is -0.507 e. The van der Waals surface area contributed by atoms with Gasteiger partial charge in [0.1, 0.15) is 11.3 Å². The number of benzene rings is 1. The molecule has 0 saturated heterocycles. The number of carbonyl (C=O) groups excluding carboxylic acids is 1. The van der Waals surface area contributed by atoms with Crippen molar-refractivity contribution in [3.05, 3.63) is 29.3 Å². The lowest BCUT2D eigenvalue weighted by Gasteiger charge is -2.01. The number of phenolic OH excluding ortho intramolecular Hbond substituents is 1. The molecule has 0 fully saturated rings. The number of phenols is 1. The number of hydrogen-bond acceptors (Lipinski definition) is 4. The summed E-state index contributed by atoms with van der Waals surface area (Å²) >= 11 is 5.49. The Labute approximate surface area is 79.3 Å². The Morgan fingerprint density at radius 3 is 2.69 bits per heavy atom.